The number of nitrogens with one attached hydrogen (secondary N) is 1. The number of amides is 1. The maximum atomic E-state index is 13.0. The topological polar surface area (TPSA) is 91.9 Å². The van der Waals surface area contributed by atoms with Crippen molar-refractivity contribution in [1.82, 2.24) is 9.88 Å². The molecule has 1 amide bonds. The highest BCUT2D eigenvalue weighted by Gasteiger charge is 2.20. The van der Waals surface area contributed by atoms with Crippen LogP contribution in [0.2, 0.25) is 0 Å². The summed E-state index contributed by atoms with van der Waals surface area (Å²) in [4.78, 5) is 28.9. The number of carbonyl (C=O) groups excluding carboxylic acids is 1. The van der Waals surface area contributed by atoms with Gasteiger partial charge in [-0.3, -0.25) is 9.59 Å². The van der Waals surface area contributed by atoms with Crippen molar-refractivity contribution in [2.24, 2.45) is 0 Å². The second-order valence-electron chi connectivity index (χ2n) is 6.85. The van der Waals surface area contributed by atoms with Gasteiger partial charge in [0.2, 0.25) is 5.91 Å². The lowest BCUT2D eigenvalue weighted by Gasteiger charge is -2.21. The molecule has 3 rings (SSSR count). The Balaban J connectivity index is 1.86. The van der Waals surface area contributed by atoms with Gasteiger partial charge in [-0.15, -0.1) is 0 Å². The lowest BCUT2D eigenvalue weighted by Crippen LogP contribution is -2.36. The van der Waals surface area contributed by atoms with Gasteiger partial charge in [0.25, 0.3) is 0 Å². The monoisotopic (exact) mass is 396 g/mol. The number of nitrogens with zero attached hydrogens (tertiary/aromatic N) is 1. The molecule has 3 aromatic rings. The summed E-state index contributed by atoms with van der Waals surface area (Å²) in [6.07, 6.45) is 1.92. The summed E-state index contributed by atoms with van der Waals surface area (Å²) in [5.74, 6) is -0.176. The van der Waals surface area contributed by atoms with Crippen LogP contribution in [0.25, 0.3) is 10.9 Å². The fourth-order valence-corrected chi connectivity index (χ4v) is 3.44. The summed E-state index contributed by atoms with van der Waals surface area (Å²) in [6, 6.07) is 11.1. The number of hydrogen-bond donors (Lipinski definition) is 2. The third kappa shape index (κ3) is 4.68. The lowest BCUT2D eigenvalue weighted by atomic mass is 10.0. The van der Waals surface area contributed by atoms with Gasteiger partial charge in [0.1, 0.15) is 18.0 Å². The maximum absolute atomic E-state index is 13.0. The van der Waals surface area contributed by atoms with Crippen LogP contribution in [0, 0.1) is 6.92 Å². The first-order chi connectivity index (χ1) is 13.9. The van der Waals surface area contributed by atoms with E-state index in [2.05, 4.69) is 4.98 Å². The summed E-state index contributed by atoms with van der Waals surface area (Å²) in [7, 11) is 3.08. The standard InChI is InChI=1S/C22H24N2O5/c1-14-5-4-6-19-22(14)16(11-23-19)9-20(25)24(13-21(26)27)12-15-7-17(28-2)10-18(8-15)29-3/h4-8,10-11,23H,9,12-13H2,1-3H3,(H,26,27). The smallest absolute Gasteiger partial charge is 0.323 e. The molecule has 29 heavy (non-hydrogen) atoms. The van der Waals surface area contributed by atoms with Crippen LogP contribution >= 0.6 is 0 Å². The zero-order valence-corrected chi connectivity index (χ0v) is 16.7. The van der Waals surface area contributed by atoms with Gasteiger partial charge in [-0.05, 0) is 41.8 Å². The average molecular weight is 396 g/mol. The first-order valence-electron chi connectivity index (χ1n) is 9.18. The minimum absolute atomic E-state index is 0.110. The number of aryl methyl sites for hydroxylation is 1. The molecule has 7 nitrogen and oxygen atoms in total. The molecule has 0 radical (unpaired) electrons. The number of carboxylic acids is 1. The van der Waals surface area contributed by atoms with Crippen molar-refractivity contribution >= 4 is 22.8 Å². The van der Waals surface area contributed by atoms with E-state index in [1.165, 1.54) is 19.1 Å². The van der Waals surface area contributed by atoms with E-state index in [0.29, 0.717) is 11.5 Å². The van der Waals surface area contributed by atoms with Crippen LogP contribution in [0.15, 0.2) is 42.6 Å². The lowest BCUT2D eigenvalue weighted by molar-refractivity contribution is -0.144. The zero-order chi connectivity index (χ0) is 21.0. The van der Waals surface area contributed by atoms with E-state index >= 15 is 0 Å². The molecule has 7 heteroatoms. The minimum atomic E-state index is -1.07. The first kappa shape index (κ1) is 20.3. The Morgan fingerprint density at radius 2 is 1.79 bits per heavy atom. The van der Waals surface area contributed by atoms with Crippen molar-refractivity contribution in [2.75, 3.05) is 20.8 Å². The number of fused-ring (bicyclic) bond motifs is 1. The van der Waals surface area contributed by atoms with Crippen LogP contribution in [0.4, 0.5) is 0 Å². The first-order valence-corrected chi connectivity index (χ1v) is 9.18. The van der Waals surface area contributed by atoms with Crippen molar-refractivity contribution in [1.29, 1.82) is 0 Å². The molecule has 1 heterocycles. The third-order valence-electron chi connectivity index (χ3n) is 4.80. The predicted molar refractivity (Wildman–Crippen MR) is 109 cm³/mol. The Morgan fingerprint density at radius 1 is 1.10 bits per heavy atom. The van der Waals surface area contributed by atoms with Crippen molar-refractivity contribution in [3.05, 3.63) is 59.3 Å². The highest BCUT2D eigenvalue weighted by Crippen LogP contribution is 2.25. The molecule has 0 aliphatic rings. The molecule has 0 aliphatic carbocycles. The molecule has 1 aromatic heterocycles. The number of methoxy groups -OCH3 is 2. The van der Waals surface area contributed by atoms with Gasteiger partial charge in [0, 0.05) is 29.7 Å². The third-order valence-corrected chi connectivity index (χ3v) is 4.80. The average Bonchev–Trinajstić information content (AvgIpc) is 3.10. The molecule has 152 valence electrons. The van der Waals surface area contributed by atoms with E-state index in [9.17, 15) is 14.7 Å². The molecular weight excluding hydrogens is 372 g/mol. The Hall–Kier alpha value is -3.48. The predicted octanol–water partition coefficient (Wildman–Crippen LogP) is 3.15. The van der Waals surface area contributed by atoms with Crippen molar-refractivity contribution in [3.63, 3.8) is 0 Å². The maximum Gasteiger partial charge on any atom is 0.323 e. The van der Waals surface area contributed by atoms with Crippen molar-refractivity contribution in [2.45, 2.75) is 19.9 Å². The van der Waals surface area contributed by atoms with Crippen LogP contribution in [-0.2, 0) is 22.6 Å². The summed E-state index contributed by atoms with van der Waals surface area (Å²) in [5.41, 5.74) is 3.59. The van der Waals surface area contributed by atoms with E-state index < -0.39 is 5.97 Å². The number of hydrogen-bond acceptors (Lipinski definition) is 4. The van der Waals surface area contributed by atoms with Crippen molar-refractivity contribution < 1.29 is 24.2 Å². The van der Waals surface area contributed by atoms with Crippen LogP contribution in [0.1, 0.15) is 16.7 Å². The number of aromatic amines is 1. The van der Waals surface area contributed by atoms with Gasteiger partial charge >= 0.3 is 5.97 Å². The van der Waals surface area contributed by atoms with Crippen LogP contribution in [0.3, 0.4) is 0 Å². The number of carboxylic acid groups (broad SMARTS) is 1. The SMILES string of the molecule is COc1cc(CN(CC(=O)O)C(=O)Cc2c[nH]c3cccc(C)c23)cc(OC)c1. The van der Waals surface area contributed by atoms with E-state index in [1.807, 2.05) is 31.3 Å². The highest BCUT2D eigenvalue weighted by atomic mass is 16.5. The Labute approximate surface area is 168 Å². The molecule has 0 saturated heterocycles. The molecule has 0 saturated carbocycles. The normalized spacial score (nSPS) is 10.7. The summed E-state index contributed by atoms with van der Waals surface area (Å²) in [5, 5.41) is 10.3. The number of aromatic nitrogens is 1. The van der Waals surface area contributed by atoms with E-state index in [1.54, 1.807) is 18.2 Å². The number of ether oxygens (including phenoxy) is 2. The number of rotatable bonds is 8. The summed E-state index contributed by atoms with van der Waals surface area (Å²) >= 11 is 0. The largest absolute Gasteiger partial charge is 0.497 e. The second kappa shape index (κ2) is 8.68. The van der Waals surface area contributed by atoms with E-state index in [0.717, 1.165) is 27.6 Å². The van der Waals surface area contributed by atoms with Gasteiger partial charge in [-0.2, -0.15) is 0 Å². The number of benzene rings is 2. The van der Waals surface area contributed by atoms with Gasteiger partial charge in [0.05, 0.1) is 20.6 Å². The minimum Gasteiger partial charge on any atom is -0.497 e. The molecule has 2 N–H and O–H groups in total. The van der Waals surface area contributed by atoms with Gasteiger partial charge in [0.15, 0.2) is 0 Å². The Bertz CT molecular complexity index is 1020. The molecule has 0 bridgehead atoms. The molecule has 0 spiro atoms. The number of carbonyl (C=O) groups is 2. The zero-order valence-electron chi connectivity index (χ0n) is 16.7. The Kier molecular flexibility index (Phi) is 6.07. The van der Waals surface area contributed by atoms with E-state index in [-0.39, 0.29) is 25.4 Å². The molecule has 0 atom stereocenters. The molecule has 0 fully saturated rings. The Morgan fingerprint density at radius 3 is 2.41 bits per heavy atom. The van der Waals surface area contributed by atoms with E-state index in [4.69, 9.17) is 9.47 Å². The van der Waals surface area contributed by atoms with Gasteiger partial charge in [-0.25, -0.2) is 0 Å². The summed E-state index contributed by atoms with van der Waals surface area (Å²) < 4.78 is 10.5. The molecule has 0 aliphatic heterocycles. The number of H-pyrrole nitrogens is 1. The fraction of sp³-hybridized carbons (Fsp3) is 0.273. The van der Waals surface area contributed by atoms with Crippen molar-refractivity contribution in [3.8, 4) is 11.5 Å². The quantitative estimate of drug-likeness (QED) is 0.610. The molecular formula is C22H24N2O5. The van der Waals surface area contributed by atoms with Gasteiger partial charge in [-0.1, -0.05) is 12.1 Å². The number of aliphatic carboxylic acids is 1. The summed E-state index contributed by atoms with van der Waals surface area (Å²) in [6.45, 7) is 1.74. The van der Waals surface area contributed by atoms with Crippen LogP contribution in [0.5, 0.6) is 11.5 Å². The molecule has 2 aromatic carbocycles. The van der Waals surface area contributed by atoms with Crippen LogP contribution in [-0.4, -0.2) is 47.6 Å². The fourth-order valence-electron chi connectivity index (χ4n) is 3.44. The molecule has 0 unspecified atom stereocenters. The van der Waals surface area contributed by atoms with Gasteiger partial charge < -0.3 is 24.5 Å². The van der Waals surface area contributed by atoms with Crippen LogP contribution < -0.4 is 9.47 Å². The highest BCUT2D eigenvalue weighted by molar-refractivity contribution is 5.91. The second-order valence-corrected chi connectivity index (χ2v) is 6.85.